The maximum atomic E-state index is 0. The summed E-state index contributed by atoms with van der Waals surface area (Å²) >= 11 is 0. The first-order valence-corrected chi connectivity index (χ1v) is 0. The Labute approximate surface area is 142 Å². The van der Waals surface area contributed by atoms with Crippen molar-refractivity contribution in [2.75, 3.05) is 0 Å². The molecule has 0 aliphatic rings. The first-order chi connectivity index (χ1) is 0. The summed E-state index contributed by atoms with van der Waals surface area (Å²) < 4.78 is 0. The quantitative estimate of drug-likeness (QED) is 0.341. The van der Waals surface area contributed by atoms with Crippen molar-refractivity contribution in [3.05, 3.63) is 0 Å². The van der Waals surface area contributed by atoms with Crippen molar-refractivity contribution in [2.45, 2.75) is 0 Å². The molecule has 2 radical (unpaired) electrons. The third-order valence-corrected chi connectivity index (χ3v) is 0. The molecule has 0 spiro atoms. The monoisotopic (exact) mass is 548 g/mol. The van der Waals surface area contributed by atoms with Gasteiger partial charge in [-0.3, -0.25) is 0 Å². The molecule has 0 unspecified atom stereocenters. The van der Waals surface area contributed by atoms with Crippen LogP contribution in [-0.4, -0.2) is 23.9 Å². The van der Waals surface area contributed by atoms with Gasteiger partial charge in [0.05, 0.1) is 0 Å². The van der Waals surface area contributed by atoms with Crippen molar-refractivity contribution < 1.29 is 123 Å². The minimum absolute atomic E-state index is 0. The molecule has 0 amide bonds. The summed E-state index contributed by atoms with van der Waals surface area (Å²) in [6.45, 7) is 0. The van der Waals surface area contributed by atoms with E-state index < -0.39 is 0 Å². The molecule has 4 heteroatoms. The Hall–Kier alpha value is 4.85. The van der Waals surface area contributed by atoms with Crippen LogP contribution in [0, 0.1) is 123 Å². The van der Waals surface area contributed by atoms with E-state index in [1.165, 1.54) is 0 Å². The maximum absolute atomic E-state index is 0. The van der Waals surface area contributed by atoms with Crippen molar-refractivity contribution in [1.82, 2.24) is 0 Å². The van der Waals surface area contributed by atoms with Crippen LogP contribution in [0.15, 0.2) is 0 Å². The second kappa shape index (κ2) is 15.7. The molecule has 0 fully saturated rings. The standard InChI is InChI=1S/3Nd.Sn.2H. The van der Waals surface area contributed by atoms with Crippen molar-refractivity contribution >= 4 is 23.9 Å². The van der Waals surface area contributed by atoms with Crippen LogP contribution in [0.3, 0.4) is 0 Å². The van der Waals surface area contributed by atoms with Gasteiger partial charge in [-0.2, -0.15) is 0 Å². The van der Waals surface area contributed by atoms with E-state index in [0.29, 0.717) is 0 Å². The van der Waals surface area contributed by atoms with Crippen molar-refractivity contribution in [3.8, 4) is 0 Å². The van der Waals surface area contributed by atoms with Crippen LogP contribution in [-0.2, 0) is 0 Å². The van der Waals surface area contributed by atoms with Gasteiger partial charge in [0.2, 0.25) is 0 Å². The van der Waals surface area contributed by atoms with Gasteiger partial charge < -0.3 is 0 Å². The van der Waals surface area contributed by atoms with Gasteiger partial charge >= 0.3 is 23.9 Å². The van der Waals surface area contributed by atoms with E-state index in [4.69, 9.17) is 0 Å². The van der Waals surface area contributed by atoms with Gasteiger partial charge in [-0.15, -0.1) is 0 Å². The predicted octanol–water partition coefficient (Wildman–Crippen LogP) is -0.916. The fraction of sp³-hybridized carbons (Fsp3) is 0. The Kier molecular flexibility index (Phi) is 90.8. The molecule has 0 atom stereocenters. The van der Waals surface area contributed by atoms with E-state index in [2.05, 4.69) is 0 Å². The van der Waals surface area contributed by atoms with Crippen LogP contribution < -0.4 is 0 Å². The molecule has 0 aromatic carbocycles. The molecule has 4 heavy (non-hydrogen) atoms. The van der Waals surface area contributed by atoms with Gasteiger partial charge in [-0.05, 0) is 0 Å². The van der Waals surface area contributed by atoms with Crippen LogP contribution in [0.2, 0.25) is 0 Å². The molecule has 0 aromatic heterocycles. The van der Waals surface area contributed by atoms with Crippen LogP contribution in [0.1, 0.15) is 0 Å². The van der Waals surface area contributed by atoms with Crippen LogP contribution in [0.25, 0.3) is 0 Å². The summed E-state index contributed by atoms with van der Waals surface area (Å²) in [4.78, 5) is 0. The molecular formula is H2Nd3Sn. The molecule has 18 valence electrons. The topological polar surface area (TPSA) is 0 Å². The summed E-state index contributed by atoms with van der Waals surface area (Å²) in [5, 5.41) is 0. The minimum atomic E-state index is 0. The Bertz CT molecular complexity index is 3.25. The van der Waals surface area contributed by atoms with Gasteiger partial charge in [0, 0.05) is 123 Å². The van der Waals surface area contributed by atoms with Crippen molar-refractivity contribution in [1.29, 1.82) is 0 Å². The van der Waals surface area contributed by atoms with Crippen LogP contribution >= 0.6 is 0 Å². The first kappa shape index (κ1) is 23.2. The van der Waals surface area contributed by atoms with Crippen molar-refractivity contribution in [3.63, 3.8) is 0 Å². The third kappa shape index (κ3) is 9.97. The van der Waals surface area contributed by atoms with Gasteiger partial charge in [0.25, 0.3) is 0 Å². The average molecular weight is 553 g/mol. The third-order valence-electron chi connectivity index (χ3n) is 0. The molecule has 0 saturated carbocycles. The second-order valence-electron chi connectivity index (χ2n) is 0. The Morgan fingerprint density at radius 3 is 0.500 bits per heavy atom. The molecule has 0 heterocycles. The van der Waals surface area contributed by atoms with Crippen LogP contribution in [0.4, 0.5) is 0 Å². The van der Waals surface area contributed by atoms with Gasteiger partial charge in [-0.25, -0.2) is 0 Å². The summed E-state index contributed by atoms with van der Waals surface area (Å²) in [6, 6.07) is 0. The molecule has 0 N–H and O–H groups in total. The van der Waals surface area contributed by atoms with Crippen LogP contribution in [0.5, 0.6) is 0 Å². The molecule has 0 nitrogen and oxygen atoms in total. The summed E-state index contributed by atoms with van der Waals surface area (Å²) in [7, 11) is 0. The van der Waals surface area contributed by atoms with E-state index in [1.807, 2.05) is 0 Å². The summed E-state index contributed by atoms with van der Waals surface area (Å²) in [5.41, 5.74) is 0. The molecule has 0 rings (SSSR count). The summed E-state index contributed by atoms with van der Waals surface area (Å²) in [5.74, 6) is 0. The molecule has 0 saturated heterocycles. The Morgan fingerprint density at radius 1 is 0.500 bits per heavy atom. The van der Waals surface area contributed by atoms with Crippen molar-refractivity contribution in [2.24, 2.45) is 0 Å². The zero-order valence-electron chi connectivity index (χ0n) is 2.21. The van der Waals surface area contributed by atoms with E-state index >= 15 is 0 Å². The predicted molar refractivity (Wildman–Crippen MR) is 8.54 cm³/mol. The second-order valence-corrected chi connectivity index (χ2v) is 0. The van der Waals surface area contributed by atoms with Gasteiger partial charge in [0.1, 0.15) is 0 Å². The Morgan fingerprint density at radius 2 is 0.500 bits per heavy atom. The molecule has 0 aliphatic carbocycles. The summed E-state index contributed by atoms with van der Waals surface area (Å²) in [6.07, 6.45) is 0. The zero-order valence-corrected chi connectivity index (χ0v) is 15.9. The SMILES string of the molecule is [Nd].[Nd].[Nd].[SnH2]. The zero-order chi connectivity index (χ0) is 0. The first-order valence-electron chi connectivity index (χ1n) is 0. The average Bonchev–Trinajstić information content (AvgIpc) is 0. The molecule has 0 aliphatic heterocycles. The molecular weight excluding hydrogens is 551 g/mol. The fourth-order valence-electron chi connectivity index (χ4n) is 0. The number of hydrogen-bond donors (Lipinski definition) is 0. The van der Waals surface area contributed by atoms with Gasteiger partial charge in [-0.1, -0.05) is 0 Å². The molecule has 0 bridgehead atoms. The van der Waals surface area contributed by atoms with E-state index in [1.54, 1.807) is 0 Å². The molecule has 0 aromatic rings. The number of hydrogen-bond acceptors (Lipinski definition) is 0. The fourth-order valence-corrected chi connectivity index (χ4v) is 0. The normalized spacial score (nSPS) is 0. The Balaban J connectivity index is 0. The van der Waals surface area contributed by atoms with E-state index in [9.17, 15) is 0 Å². The van der Waals surface area contributed by atoms with E-state index in [-0.39, 0.29) is 146 Å². The number of rotatable bonds is 0. The van der Waals surface area contributed by atoms with E-state index in [0.717, 1.165) is 0 Å². The van der Waals surface area contributed by atoms with Gasteiger partial charge in [0.15, 0.2) is 0 Å².